The number of nitrogens with one attached hydrogen (secondary N) is 1. The summed E-state index contributed by atoms with van der Waals surface area (Å²) in [4.78, 5) is 0. The van der Waals surface area contributed by atoms with Gasteiger partial charge in [-0.1, -0.05) is 12.8 Å². The second-order valence-electron chi connectivity index (χ2n) is 3.03. The molecule has 0 amide bonds. The topological polar surface area (TPSA) is 25.2 Å². The Kier molecular flexibility index (Phi) is 3.60. The second-order valence-corrected chi connectivity index (χ2v) is 3.03. The predicted molar refractivity (Wildman–Crippen MR) is 53.2 cm³/mol. The molecule has 70 valence electrons. The van der Waals surface area contributed by atoms with Crippen LogP contribution in [0.15, 0.2) is 22.8 Å². The van der Waals surface area contributed by atoms with Crippen LogP contribution in [0.2, 0.25) is 0 Å². The molecule has 2 nitrogen and oxygen atoms in total. The van der Waals surface area contributed by atoms with E-state index < -0.39 is 0 Å². The van der Waals surface area contributed by atoms with Crippen molar-refractivity contribution in [1.82, 2.24) is 5.32 Å². The van der Waals surface area contributed by atoms with E-state index in [1.54, 1.807) is 6.26 Å². The molecule has 0 saturated carbocycles. The van der Waals surface area contributed by atoms with Crippen LogP contribution in [-0.4, -0.2) is 6.04 Å². The fourth-order valence-electron chi connectivity index (χ4n) is 1.21. The molecule has 1 N–H and O–H groups in total. The van der Waals surface area contributed by atoms with Crippen molar-refractivity contribution in [3.05, 3.63) is 24.2 Å². The first-order valence-electron chi connectivity index (χ1n) is 4.53. The quantitative estimate of drug-likeness (QED) is 0.714. The number of furan rings is 1. The molecule has 13 heavy (non-hydrogen) atoms. The molecule has 1 unspecified atom stereocenters. The van der Waals surface area contributed by atoms with Gasteiger partial charge in [-0.3, -0.25) is 5.32 Å². The molecular weight excluding hydrogens is 162 g/mol. The Morgan fingerprint density at radius 3 is 2.92 bits per heavy atom. The highest BCUT2D eigenvalue weighted by atomic mass is 16.3. The van der Waals surface area contributed by atoms with Gasteiger partial charge in [0.2, 0.25) is 0 Å². The summed E-state index contributed by atoms with van der Waals surface area (Å²) in [7, 11) is 0. The van der Waals surface area contributed by atoms with Crippen molar-refractivity contribution in [2.45, 2.75) is 32.4 Å². The van der Waals surface area contributed by atoms with Gasteiger partial charge in [0.25, 0.3) is 0 Å². The lowest BCUT2D eigenvalue weighted by Crippen LogP contribution is -2.29. The Bertz CT molecular complexity index is 271. The van der Waals surface area contributed by atoms with Crippen molar-refractivity contribution >= 4 is 0 Å². The van der Waals surface area contributed by atoms with Gasteiger partial charge in [-0.05, 0) is 25.5 Å². The lowest BCUT2D eigenvalue weighted by atomic mass is 10.2. The SMILES string of the molecule is C#CC(CC)N[C@@H](C)c1ccco1. The maximum atomic E-state index is 5.34. The van der Waals surface area contributed by atoms with Crippen molar-refractivity contribution in [2.24, 2.45) is 0 Å². The van der Waals surface area contributed by atoms with Crippen molar-refractivity contribution in [3.63, 3.8) is 0 Å². The zero-order valence-electron chi connectivity index (χ0n) is 8.08. The Labute approximate surface area is 79.3 Å². The van der Waals surface area contributed by atoms with E-state index in [2.05, 4.69) is 18.2 Å². The Hall–Kier alpha value is -1.20. The molecule has 1 rings (SSSR count). The summed E-state index contributed by atoms with van der Waals surface area (Å²) in [5, 5.41) is 3.29. The van der Waals surface area contributed by atoms with Gasteiger partial charge in [0, 0.05) is 0 Å². The largest absolute Gasteiger partial charge is 0.468 e. The van der Waals surface area contributed by atoms with Crippen LogP contribution in [0.4, 0.5) is 0 Å². The molecule has 0 aliphatic heterocycles. The summed E-state index contributed by atoms with van der Waals surface area (Å²) in [6, 6.07) is 4.13. The predicted octanol–water partition coefficient (Wildman–Crippen LogP) is 2.34. The van der Waals surface area contributed by atoms with Crippen LogP contribution in [0.25, 0.3) is 0 Å². The molecule has 0 aromatic carbocycles. The maximum Gasteiger partial charge on any atom is 0.120 e. The minimum absolute atomic E-state index is 0.125. The van der Waals surface area contributed by atoms with Crippen molar-refractivity contribution < 1.29 is 4.42 Å². The summed E-state index contributed by atoms with van der Waals surface area (Å²) in [5.41, 5.74) is 0. The van der Waals surface area contributed by atoms with E-state index in [0.717, 1.165) is 12.2 Å². The highest BCUT2D eigenvalue weighted by Gasteiger charge is 2.10. The molecular formula is C11H15NO. The first-order valence-corrected chi connectivity index (χ1v) is 4.53. The molecule has 1 aromatic rings. The summed E-state index contributed by atoms with van der Waals surface area (Å²) in [6.07, 6.45) is 7.94. The van der Waals surface area contributed by atoms with Crippen molar-refractivity contribution in [2.75, 3.05) is 0 Å². The third-order valence-electron chi connectivity index (χ3n) is 2.03. The van der Waals surface area contributed by atoms with Gasteiger partial charge in [-0.2, -0.15) is 0 Å². The number of rotatable bonds is 4. The average Bonchev–Trinajstić information content (AvgIpc) is 2.66. The van der Waals surface area contributed by atoms with Gasteiger partial charge in [-0.15, -0.1) is 6.42 Å². The summed E-state index contributed by atoms with van der Waals surface area (Å²) < 4.78 is 5.25. The highest BCUT2D eigenvalue weighted by molar-refractivity contribution is 5.06. The Balaban J connectivity index is 2.51. The van der Waals surface area contributed by atoms with Gasteiger partial charge in [0.05, 0.1) is 18.3 Å². The van der Waals surface area contributed by atoms with Crippen LogP contribution in [0.1, 0.15) is 32.1 Å². The van der Waals surface area contributed by atoms with Crippen LogP contribution < -0.4 is 5.32 Å². The van der Waals surface area contributed by atoms with Crippen LogP contribution in [0.5, 0.6) is 0 Å². The average molecular weight is 177 g/mol. The minimum atomic E-state index is 0.125. The molecule has 0 saturated heterocycles. The molecule has 0 bridgehead atoms. The van der Waals surface area contributed by atoms with E-state index in [-0.39, 0.29) is 12.1 Å². The summed E-state index contributed by atoms with van der Waals surface area (Å²) >= 11 is 0. The van der Waals surface area contributed by atoms with Crippen LogP contribution in [-0.2, 0) is 0 Å². The fourth-order valence-corrected chi connectivity index (χ4v) is 1.21. The Morgan fingerprint density at radius 2 is 2.46 bits per heavy atom. The van der Waals surface area contributed by atoms with Gasteiger partial charge in [0.1, 0.15) is 5.76 Å². The summed E-state index contributed by atoms with van der Waals surface area (Å²) in [5.74, 6) is 3.62. The van der Waals surface area contributed by atoms with Crippen LogP contribution in [0.3, 0.4) is 0 Å². The van der Waals surface area contributed by atoms with Crippen molar-refractivity contribution in [1.29, 1.82) is 0 Å². The highest BCUT2D eigenvalue weighted by Crippen LogP contribution is 2.13. The molecule has 0 fully saturated rings. The van der Waals surface area contributed by atoms with Gasteiger partial charge < -0.3 is 4.42 Å². The van der Waals surface area contributed by atoms with Gasteiger partial charge in [-0.25, -0.2) is 0 Å². The monoisotopic (exact) mass is 177 g/mol. The molecule has 2 heteroatoms. The van der Waals surface area contributed by atoms with E-state index in [9.17, 15) is 0 Å². The van der Waals surface area contributed by atoms with Gasteiger partial charge >= 0.3 is 0 Å². The molecule has 0 spiro atoms. The number of hydrogen-bond acceptors (Lipinski definition) is 2. The van der Waals surface area contributed by atoms with Crippen LogP contribution in [0, 0.1) is 12.3 Å². The van der Waals surface area contributed by atoms with E-state index >= 15 is 0 Å². The maximum absolute atomic E-state index is 5.34. The molecule has 1 aromatic heterocycles. The lowest BCUT2D eigenvalue weighted by Gasteiger charge is -2.15. The first kappa shape index (κ1) is 9.88. The van der Waals surface area contributed by atoms with E-state index in [4.69, 9.17) is 10.8 Å². The van der Waals surface area contributed by atoms with E-state index in [1.807, 2.05) is 19.1 Å². The molecule has 2 atom stereocenters. The summed E-state index contributed by atoms with van der Waals surface area (Å²) in [6.45, 7) is 4.10. The van der Waals surface area contributed by atoms with E-state index in [1.165, 1.54) is 0 Å². The normalized spacial score (nSPS) is 14.8. The molecule has 0 radical (unpaired) electrons. The lowest BCUT2D eigenvalue weighted by molar-refractivity contribution is 0.412. The third kappa shape index (κ3) is 2.64. The molecule has 0 aliphatic carbocycles. The van der Waals surface area contributed by atoms with Crippen LogP contribution >= 0.6 is 0 Å². The molecule has 0 aliphatic rings. The zero-order chi connectivity index (χ0) is 9.68. The third-order valence-corrected chi connectivity index (χ3v) is 2.03. The Morgan fingerprint density at radius 1 is 1.69 bits per heavy atom. The van der Waals surface area contributed by atoms with E-state index in [0.29, 0.717) is 0 Å². The fraction of sp³-hybridized carbons (Fsp3) is 0.455. The first-order chi connectivity index (χ1) is 6.27. The zero-order valence-corrected chi connectivity index (χ0v) is 8.08. The van der Waals surface area contributed by atoms with Crippen molar-refractivity contribution in [3.8, 4) is 12.3 Å². The number of hydrogen-bond donors (Lipinski definition) is 1. The smallest absolute Gasteiger partial charge is 0.120 e. The van der Waals surface area contributed by atoms with Gasteiger partial charge in [0.15, 0.2) is 0 Å². The standard InChI is InChI=1S/C11H15NO/c1-4-10(5-2)12-9(3)11-7-6-8-13-11/h1,6-10,12H,5H2,2-3H3/t9-,10?/m0/s1. The second kappa shape index (κ2) is 4.74. The minimum Gasteiger partial charge on any atom is -0.468 e. The molecule has 1 heterocycles. The number of terminal acetylenes is 1.